The molecule has 2 aromatic rings. The van der Waals surface area contributed by atoms with Crippen LogP contribution in [0, 0.1) is 0 Å². The number of carbonyl (C=O) groups is 1. The van der Waals surface area contributed by atoms with Crippen molar-refractivity contribution in [3.63, 3.8) is 0 Å². The number of rotatable bonds is 10. The second-order valence-electron chi connectivity index (χ2n) is 7.92. The summed E-state index contributed by atoms with van der Waals surface area (Å²) in [5.41, 5.74) is 2.46. The van der Waals surface area contributed by atoms with Crippen LogP contribution < -0.4 is 20.7 Å². The summed E-state index contributed by atoms with van der Waals surface area (Å²) in [6, 6.07) is 18.6. The van der Waals surface area contributed by atoms with E-state index in [4.69, 9.17) is 4.74 Å². The highest BCUT2D eigenvalue weighted by Gasteiger charge is 2.23. The lowest BCUT2D eigenvalue weighted by Crippen LogP contribution is -2.46. The average Bonchev–Trinajstić information content (AvgIpc) is 3.37. The smallest absolute Gasteiger partial charge is 0.239 e. The predicted octanol–water partition coefficient (Wildman–Crippen LogP) is 2.36. The number of methoxy groups -OCH3 is 1. The van der Waals surface area contributed by atoms with E-state index < -0.39 is 0 Å². The van der Waals surface area contributed by atoms with Gasteiger partial charge < -0.3 is 20.7 Å². The van der Waals surface area contributed by atoms with Crippen LogP contribution in [0.25, 0.3) is 0 Å². The highest BCUT2D eigenvalue weighted by Crippen LogP contribution is 2.26. The van der Waals surface area contributed by atoms with E-state index in [-0.39, 0.29) is 18.5 Å². The van der Waals surface area contributed by atoms with Crippen molar-refractivity contribution in [1.29, 1.82) is 0 Å². The fourth-order valence-electron chi connectivity index (χ4n) is 3.97. The third-order valence-corrected chi connectivity index (χ3v) is 5.76. The molecule has 0 bridgehead atoms. The fraction of sp³-hybridized carbons (Fsp3) is 0.440. The van der Waals surface area contributed by atoms with Gasteiger partial charge in [0.15, 0.2) is 5.96 Å². The second kappa shape index (κ2) is 12.7. The summed E-state index contributed by atoms with van der Waals surface area (Å²) in [4.78, 5) is 19.0. The molecule has 7 heteroatoms. The Labute approximate surface area is 191 Å². The van der Waals surface area contributed by atoms with Crippen LogP contribution in [0.5, 0.6) is 5.75 Å². The van der Waals surface area contributed by atoms with Crippen LogP contribution in [0.1, 0.15) is 30.0 Å². The SMILES string of the molecule is CN=C(NCC(=O)NCCc1ccccc1)NCC(c1ccc(OC)cc1)N1CCCC1. The number of nitrogens with zero attached hydrogens (tertiary/aromatic N) is 2. The van der Waals surface area contributed by atoms with Gasteiger partial charge in [0, 0.05) is 20.1 Å². The molecule has 3 N–H and O–H groups in total. The number of guanidine groups is 1. The third-order valence-electron chi connectivity index (χ3n) is 5.76. The first-order valence-electron chi connectivity index (χ1n) is 11.3. The maximum Gasteiger partial charge on any atom is 0.239 e. The van der Waals surface area contributed by atoms with Crippen molar-refractivity contribution in [2.45, 2.75) is 25.3 Å². The molecule has 1 heterocycles. The van der Waals surface area contributed by atoms with Crippen molar-refractivity contribution in [2.75, 3.05) is 46.9 Å². The minimum Gasteiger partial charge on any atom is -0.497 e. The fourth-order valence-corrected chi connectivity index (χ4v) is 3.97. The van der Waals surface area contributed by atoms with Gasteiger partial charge in [0.1, 0.15) is 5.75 Å². The molecule has 32 heavy (non-hydrogen) atoms. The first-order chi connectivity index (χ1) is 15.7. The van der Waals surface area contributed by atoms with E-state index in [9.17, 15) is 4.79 Å². The number of hydrogen-bond acceptors (Lipinski definition) is 4. The minimum atomic E-state index is -0.0462. The summed E-state index contributed by atoms with van der Waals surface area (Å²) >= 11 is 0. The van der Waals surface area contributed by atoms with E-state index in [1.807, 2.05) is 30.3 Å². The van der Waals surface area contributed by atoms with Gasteiger partial charge in [0.25, 0.3) is 0 Å². The number of likely N-dealkylation sites (tertiary alicyclic amines) is 1. The molecular weight excluding hydrogens is 402 g/mol. The van der Waals surface area contributed by atoms with Crippen LogP contribution >= 0.6 is 0 Å². The lowest BCUT2D eigenvalue weighted by molar-refractivity contribution is -0.119. The van der Waals surface area contributed by atoms with E-state index >= 15 is 0 Å². The van der Waals surface area contributed by atoms with Crippen molar-refractivity contribution in [2.24, 2.45) is 4.99 Å². The molecule has 7 nitrogen and oxygen atoms in total. The Hall–Kier alpha value is -3.06. The molecule has 0 spiro atoms. The van der Waals surface area contributed by atoms with Gasteiger partial charge in [-0.05, 0) is 55.6 Å². The van der Waals surface area contributed by atoms with Crippen LogP contribution in [-0.4, -0.2) is 63.6 Å². The zero-order chi connectivity index (χ0) is 22.6. The normalized spacial score (nSPS) is 15.2. The zero-order valence-electron chi connectivity index (χ0n) is 19.1. The molecule has 1 fully saturated rings. The van der Waals surface area contributed by atoms with Crippen molar-refractivity contribution in [3.8, 4) is 5.75 Å². The van der Waals surface area contributed by atoms with Gasteiger partial charge in [-0.3, -0.25) is 14.7 Å². The number of nitrogens with one attached hydrogen (secondary N) is 3. The topological polar surface area (TPSA) is 78.0 Å². The van der Waals surface area contributed by atoms with Gasteiger partial charge in [-0.25, -0.2) is 0 Å². The van der Waals surface area contributed by atoms with Crippen LogP contribution in [0.15, 0.2) is 59.6 Å². The van der Waals surface area contributed by atoms with E-state index in [0.717, 1.165) is 25.3 Å². The summed E-state index contributed by atoms with van der Waals surface area (Å²) in [5.74, 6) is 1.44. The lowest BCUT2D eigenvalue weighted by atomic mass is 10.1. The summed E-state index contributed by atoms with van der Waals surface area (Å²) < 4.78 is 5.30. The molecule has 1 aliphatic rings. The quantitative estimate of drug-likeness (QED) is 0.393. The maximum atomic E-state index is 12.2. The van der Waals surface area contributed by atoms with E-state index in [1.54, 1.807) is 14.2 Å². The maximum absolute atomic E-state index is 12.2. The molecule has 0 radical (unpaired) electrons. The Morgan fingerprint density at radius 3 is 2.41 bits per heavy atom. The van der Waals surface area contributed by atoms with Crippen LogP contribution in [0.3, 0.4) is 0 Å². The first kappa shape index (κ1) is 23.6. The van der Waals surface area contributed by atoms with Crippen molar-refractivity contribution >= 4 is 11.9 Å². The van der Waals surface area contributed by atoms with Crippen molar-refractivity contribution < 1.29 is 9.53 Å². The Kier molecular flexibility index (Phi) is 9.37. The molecule has 1 saturated heterocycles. The Balaban J connectivity index is 1.46. The van der Waals surface area contributed by atoms with Gasteiger partial charge >= 0.3 is 0 Å². The summed E-state index contributed by atoms with van der Waals surface area (Å²) in [7, 11) is 3.41. The molecule has 0 aromatic heterocycles. The highest BCUT2D eigenvalue weighted by molar-refractivity contribution is 5.86. The molecule has 1 unspecified atom stereocenters. The molecule has 1 aliphatic heterocycles. The molecule has 0 saturated carbocycles. The first-order valence-corrected chi connectivity index (χ1v) is 11.3. The molecule has 3 rings (SSSR count). The molecule has 1 amide bonds. The van der Waals surface area contributed by atoms with Gasteiger partial charge in [-0.15, -0.1) is 0 Å². The highest BCUT2D eigenvalue weighted by atomic mass is 16.5. The van der Waals surface area contributed by atoms with Crippen LogP contribution in [0.2, 0.25) is 0 Å². The van der Waals surface area contributed by atoms with Crippen LogP contribution in [0.4, 0.5) is 0 Å². The minimum absolute atomic E-state index is 0.0462. The van der Waals surface area contributed by atoms with Gasteiger partial charge in [0.2, 0.25) is 5.91 Å². The van der Waals surface area contributed by atoms with E-state index in [2.05, 4.69) is 50.1 Å². The third kappa shape index (κ3) is 7.27. The van der Waals surface area contributed by atoms with E-state index in [0.29, 0.717) is 19.0 Å². The van der Waals surface area contributed by atoms with Gasteiger partial charge in [-0.2, -0.15) is 0 Å². The number of aliphatic imine (C=N–C) groups is 1. The second-order valence-corrected chi connectivity index (χ2v) is 7.92. The van der Waals surface area contributed by atoms with E-state index in [1.165, 1.54) is 24.0 Å². The van der Waals surface area contributed by atoms with Gasteiger partial charge in [-0.1, -0.05) is 42.5 Å². The summed E-state index contributed by atoms with van der Waals surface area (Å²) in [6.45, 7) is 3.69. The number of carbonyl (C=O) groups excluding carboxylic acids is 1. The standard InChI is InChI=1S/C25H35N5O2/c1-26-25(29-19-24(31)27-15-14-20-8-4-3-5-9-20)28-18-23(30-16-6-7-17-30)21-10-12-22(32-2)13-11-21/h3-5,8-13,23H,6-7,14-19H2,1-2H3,(H,27,31)(H2,26,28,29). The lowest BCUT2D eigenvalue weighted by Gasteiger charge is -2.29. The zero-order valence-corrected chi connectivity index (χ0v) is 19.1. The molecule has 172 valence electrons. The monoisotopic (exact) mass is 437 g/mol. The Bertz CT molecular complexity index is 848. The molecule has 2 aromatic carbocycles. The van der Waals surface area contributed by atoms with Crippen molar-refractivity contribution in [1.82, 2.24) is 20.9 Å². The largest absolute Gasteiger partial charge is 0.497 e. The number of ether oxygens (including phenoxy) is 1. The molecular formula is C25H35N5O2. The van der Waals surface area contributed by atoms with Crippen LogP contribution in [-0.2, 0) is 11.2 Å². The average molecular weight is 438 g/mol. The Morgan fingerprint density at radius 1 is 1.03 bits per heavy atom. The number of benzene rings is 2. The molecule has 1 atom stereocenters. The summed E-state index contributed by atoms with van der Waals surface area (Å²) in [5, 5.41) is 9.47. The molecule has 0 aliphatic carbocycles. The van der Waals surface area contributed by atoms with Gasteiger partial charge in [0.05, 0.1) is 19.7 Å². The number of hydrogen-bond donors (Lipinski definition) is 3. The number of amides is 1. The Morgan fingerprint density at radius 2 is 1.75 bits per heavy atom. The predicted molar refractivity (Wildman–Crippen MR) is 129 cm³/mol. The van der Waals surface area contributed by atoms with Crippen molar-refractivity contribution in [3.05, 3.63) is 65.7 Å². The summed E-state index contributed by atoms with van der Waals surface area (Å²) in [6.07, 6.45) is 3.27.